The van der Waals surface area contributed by atoms with Crippen LogP contribution in [0.15, 0.2) is 48.5 Å². The maximum atomic E-state index is 13.4. The van der Waals surface area contributed by atoms with Crippen LogP contribution in [0.4, 0.5) is 0 Å². The molecule has 0 aromatic heterocycles. The maximum absolute atomic E-state index is 13.4. The van der Waals surface area contributed by atoms with E-state index < -0.39 is 15.2 Å². The second-order valence-electron chi connectivity index (χ2n) is 4.70. The van der Waals surface area contributed by atoms with Crippen molar-refractivity contribution in [2.75, 3.05) is 0 Å². The third-order valence-electron chi connectivity index (χ3n) is 3.09. The number of aryl methyl sites for hydroxylation is 2. The van der Waals surface area contributed by atoms with E-state index in [1.807, 2.05) is 0 Å². The lowest BCUT2D eigenvalue weighted by molar-refractivity contribution is 0.287. The van der Waals surface area contributed by atoms with Crippen LogP contribution in [0.1, 0.15) is 11.1 Å². The fraction of sp³-hybridized carbons (Fsp3) is 0.143. The van der Waals surface area contributed by atoms with Crippen molar-refractivity contribution in [1.82, 2.24) is 0 Å². The van der Waals surface area contributed by atoms with E-state index in [1.165, 1.54) is 0 Å². The molecular formula is C14H16O5P2. The van der Waals surface area contributed by atoms with Crippen LogP contribution in [0.2, 0.25) is 0 Å². The number of rotatable bonds is 4. The Kier molecular flexibility index (Phi) is 4.52. The molecule has 0 aliphatic heterocycles. The highest BCUT2D eigenvalue weighted by Gasteiger charge is 2.38. The molecule has 0 saturated carbocycles. The lowest BCUT2D eigenvalue weighted by Gasteiger charge is -2.22. The van der Waals surface area contributed by atoms with Gasteiger partial charge in [-0.05, 0) is 37.1 Å². The topological polar surface area (TPSA) is 83.8 Å². The van der Waals surface area contributed by atoms with Gasteiger partial charge < -0.3 is 9.79 Å². The van der Waals surface area contributed by atoms with Crippen molar-refractivity contribution in [2.45, 2.75) is 13.8 Å². The Hall–Kier alpha value is -1.22. The zero-order chi connectivity index (χ0) is 15.7. The monoisotopic (exact) mass is 326 g/mol. The first-order valence-corrected chi connectivity index (χ1v) is 9.39. The summed E-state index contributed by atoms with van der Waals surface area (Å²) in [6.45, 7) is 3.45. The molecule has 2 aromatic rings. The SMILES string of the molecule is Cc1ccccc1P(=O)(OP(=O)(O)O)c1ccccc1C. The first-order valence-electron chi connectivity index (χ1n) is 6.23. The largest absolute Gasteiger partial charge is 0.475 e. The zero-order valence-electron chi connectivity index (χ0n) is 11.6. The fourth-order valence-corrected chi connectivity index (χ4v) is 5.96. The number of benzene rings is 2. The van der Waals surface area contributed by atoms with Crippen LogP contribution >= 0.6 is 15.2 Å². The predicted octanol–water partition coefficient (Wildman–Crippen LogP) is 2.64. The molecular weight excluding hydrogens is 310 g/mol. The van der Waals surface area contributed by atoms with Crippen LogP contribution in [-0.2, 0) is 13.4 Å². The summed E-state index contributed by atoms with van der Waals surface area (Å²) in [5.74, 6) is 0. The predicted molar refractivity (Wildman–Crippen MR) is 82.4 cm³/mol. The highest BCUT2D eigenvalue weighted by Crippen LogP contribution is 2.58. The molecule has 7 heteroatoms. The molecule has 0 fully saturated rings. The van der Waals surface area contributed by atoms with Crippen molar-refractivity contribution in [3.63, 3.8) is 0 Å². The summed E-state index contributed by atoms with van der Waals surface area (Å²) in [4.78, 5) is 18.3. The molecule has 2 aromatic carbocycles. The second-order valence-corrected chi connectivity index (χ2v) is 8.40. The zero-order valence-corrected chi connectivity index (χ0v) is 13.4. The first kappa shape index (κ1) is 16.2. The average Bonchev–Trinajstić information content (AvgIpc) is 2.37. The number of hydrogen-bond donors (Lipinski definition) is 2. The van der Waals surface area contributed by atoms with E-state index in [-0.39, 0.29) is 0 Å². The molecule has 0 aliphatic carbocycles. The van der Waals surface area contributed by atoms with Gasteiger partial charge in [-0.25, -0.2) is 8.88 Å². The van der Waals surface area contributed by atoms with Crippen LogP contribution in [-0.4, -0.2) is 9.79 Å². The third-order valence-corrected chi connectivity index (χ3v) is 7.13. The van der Waals surface area contributed by atoms with Crippen molar-refractivity contribution in [1.29, 1.82) is 0 Å². The van der Waals surface area contributed by atoms with Gasteiger partial charge in [0.05, 0.1) is 0 Å². The summed E-state index contributed by atoms with van der Waals surface area (Å²) in [6.07, 6.45) is 0. The van der Waals surface area contributed by atoms with Crippen LogP contribution in [0.3, 0.4) is 0 Å². The van der Waals surface area contributed by atoms with Gasteiger partial charge in [-0.1, -0.05) is 36.4 Å². The van der Waals surface area contributed by atoms with Gasteiger partial charge in [-0.3, -0.25) is 4.57 Å². The Morgan fingerprint density at radius 2 is 1.19 bits per heavy atom. The lowest BCUT2D eigenvalue weighted by atomic mass is 10.2. The van der Waals surface area contributed by atoms with Gasteiger partial charge in [0.1, 0.15) is 0 Å². The van der Waals surface area contributed by atoms with E-state index in [2.05, 4.69) is 0 Å². The third kappa shape index (κ3) is 3.52. The normalized spacial score (nSPS) is 12.4. The summed E-state index contributed by atoms with van der Waals surface area (Å²) in [7, 11) is -8.80. The fourth-order valence-electron chi connectivity index (χ4n) is 2.15. The van der Waals surface area contributed by atoms with Crippen LogP contribution in [0.5, 0.6) is 0 Å². The van der Waals surface area contributed by atoms with Gasteiger partial charge in [-0.2, -0.15) is 0 Å². The van der Waals surface area contributed by atoms with Crippen LogP contribution < -0.4 is 10.6 Å². The van der Waals surface area contributed by atoms with E-state index in [0.29, 0.717) is 21.7 Å². The van der Waals surface area contributed by atoms with Gasteiger partial charge >= 0.3 is 7.82 Å². The molecule has 21 heavy (non-hydrogen) atoms. The molecule has 0 heterocycles. The molecule has 0 radical (unpaired) electrons. The minimum atomic E-state index is -4.92. The van der Waals surface area contributed by atoms with Gasteiger partial charge in [0.15, 0.2) is 0 Å². The molecule has 0 atom stereocenters. The van der Waals surface area contributed by atoms with E-state index in [9.17, 15) is 18.9 Å². The van der Waals surface area contributed by atoms with Crippen LogP contribution in [0, 0.1) is 13.8 Å². The Bertz CT molecular complexity index is 701. The summed E-state index contributed by atoms with van der Waals surface area (Å²) in [5.41, 5.74) is 1.30. The van der Waals surface area contributed by atoms with Crippen molar-refractivity contribution in [3.8, 4) is 0 Å². The minimum absolute atomic E-state index is 0.294. The Morgan fingerprint density at radius 3 is 1.52 bits per heavy atom. The molecule has 112 valence electrons. The van der Waals surface area contributed by atoms with E-state index >= 15 is 0 Å². The van der Waals surface area contributed by atoms with Gasteiger partial charge in [0.25, 0.3) is 7.37 Å². The maximum Gasteiger partial charge on any atom is 0.475 e. The summed E-state index contributed by atoms with van der Waals surface area (Å²) in [6, 6.07) is 13.4. The molecule has 0 spiro atoms. The highest BCUT2D eigenvalue weighted by molar-refractivity contribution is 7.79. The summed E-state index contributed by atoms with van der Waals surface area (Å²) >= 11 is 0. The van der Waals surface area contributed by atoms with E-state index in [1.54, 1.807) is 62.4 Å². The molecule has 0 aliphatic rings. The molecule has 0 saturated heterocycles. The molecule has 2 rings (SSSR count). The lowest BCUT2D eigenvalue weighted by Crippen LogP contribution is -2.21. The smallest absolute Gasteiger partial charge is 0.302 e. The van der Waals surface area contributed by atoms with Crippen molar-refractivity contribution in [3.05, 3.63) is 59.7 Å². The second kappa shape index (κ2) is 5.88. The summed E-state index contributed by atoms with van der Waals surface area (Å²) < 4.78 is 29.5. The molecule has 2 N–H and O–H groups in total. The van der Waals surface area contributed by atoms with E-state index in [4.69, 9.17) is 4.31 Å². The van der Waals surface area contributed by atoms with Crippen molar-refractivity contribution in [2.24, 2.45) is 0 Å². The van der Waals surface area contributed by atoms with Gasteiger partial charge in [0, 0.05) is 10.6 Å². The van der Waals surface area contributed by atoms with Gasteiger partial charge in [-0.15, -0.1) is 0 Å². The highest BCUT2D eigenvalue weighted by atomic mass is 31.3. The van der Waals surface area contributed by atoms with Crippen molar-refractivity contribution >= 4 is 25.8 Å². The first-order chi connectivity index (χ1) is 9.74. The molecule has 0 unspecified atom stereocenters. The van der Waals surface area contributed by atoms with Crippen molar-refractivity contribution < 1.29 is 23.2 Å². The average molecular weight is 326 g/mol. The Labute approximate surface area is 123 Å². The Balaban J connectivity index is 2.73. The molecule has 0 bridgehead atoms. The van der Waals surface area contributed by atoms with Gasteiger partial charge in [0.2, 0.25) is 0 Å². The molecule has 5 nitrogen and oxygen atoms in total. The summed E-state index contributed by atoms with van der Waals surface area (Å²) in [5, 5.41) is 0.588. The van der Waals surface area contributed by atoms with Crippen LogP contribution in [0.25, 0.3) is 0 Å². The number of hydrogen-bond acceptors (Lipinski definition) is 3. The quantitative estimate of drug-likeness (QED) is 0.844. The molecule has 0 amide bonds. The Morgan fingerprint density at radius 1 is 0.810 bits per heavy atom. The standard InChI is InChI=1S/C14H16O5P2/c1-11-7-3-5-9-13(11)20(15,19-21(16,17)18)14-10-6-4-8-12(14)2/h3-10H,1-2H3,(H2,16,17,18). The minimum Gasteiger partial charge on any atom is -0.302 e. The number of phosphoric acid groups is 1. The van der Waals surface area contributed by atoms with E-state index in [0.717, 1.165) is 0 Å².